The second-order valence-electron chi connectivity index (χ2n) is 4.96. The maximum Gasteiger partial charge on any atom is 0.109 e. The minimum Gasteiger partial charge on any atom is -0.394 e. The molecule has 0 rings (SSSR count). The van der Waals surface area contributed by atoms with Gasteiger partial charge >= 0.3 is 0 Å². The van der Waals surface area contributed by atoms with E-state index in [1.54, 1.807) is 0 Å². The van der Waals surface area contributed by atoms with Crippen LogP contribution in [0.15, 0.2) is 0 Å². The largest absolute Gasteiger partial charge is 0.394 e. The molecule has 0 aromatic carbocycles. The zero-order valence-corrected chi connectivity index (χ0v) is 11.9. The number of rotatable bonds is 12. The molecule has 0 heterocycles. The SMILES string of the molecule is CCCCCCN(CCN)C[C@H](O)[C@@H](O)C(O)CO. The maximum atomic E-state index is 9.82. The zero-order chi connectivity index (χ0) is 14.7. The smallest absolute Gasteiger partial charge is 0.109 e. The second kappa shape index (κ2) is 11.6. The molecule has 3 atom stereocenters. The van der Waals surface area contributed by atoms with Crippen molar-refractivity contribution in [1.29, 1.82) is 0 Å². The second-order valence-corrected chi connectivity index (χ2v) is 4.96. The normalized spacial score (nSPS) is 16.6. The van der Waals surface area contributed by atoms with Gasteiger partial charge in [0.15, 0.2) is 0 Å². The van der Waals surface area contributed by atoms with E-state index in [1.165, 1.54) is 12.8 Å². The summed E-state index contributed by atoms with van der Waals surface area (Å²) in [6.07, 6.45) is 0.788. The van der Waals surface area contributed by atoms with Crippen LogP contribution in [-0.2, 0) is 0 Å². The highest BCUT2D eigenvalue weighted by Gasteiger charge is 2.25. The predicted molar refractivity (Wildman–Crippen MR) is 74.7 cm³/mol. The van der Waals surface area contributed by atoms with Crippen molar-refractivity contribution in [2.24, 2.45) is 5.73 Å². The van der Waals surface area contributed by atoms with Crippen LogP contribution in [0.1, 0.15) is 32.6 Å². The molecule has 0 aliphatic heterocycles. The average molecular weight is 278 g/mol. The topological polar surface area (TPSA) is 110 Å². The van der Waals surface area contributed by atoms with Crippen molar-refractivity contribution >= 4 is 0 Å². The Morgan fingerprint density at radius 1 is 1.00 bits per heavy atom. The van der Waals surface area contributed by atoms with E-state index >= 15 is 0 Å². The minimum atomic E-state index is -1.33. The third-order valence-corrected chi connectivity index (χ3v) is 3.19. The van der Waals surface area contributed by atoms with E-state index in [4.69, 9.17) is 10.8 Å². The van der Waals surface area contributed by atoms with Gasteiger partial charge in [0.2, 0.25) is 0 Å². The molecule has 0 aromatic rings. The maximum absolute atomic E-state index is 9.82. The van der Waals surface area contributed by atoms with Crippen molar-refractivity contribution in [1.82, 2.24) is 4.90 Å². The third-order valence-electron chi connectivity index (χ3n) is 3.19. The fourth-order valence-corrected chi connectivity index (χ4v) is 1.98. The first-order chi connectivity index (χ1) is 9.06. The van der Waals surface area contributed by atoms with E-state index in [0.29, 0.717) is 13.1 Å². The molecule has 0 aliphatic carbocycles. The van der Waals surface area contributed by atoms with E-state index in [-0.39, 0.29) is 6.54 Å². The highest BCUT2D eigenvalue weighted by molar-refractivity contribution is 4.78. The van der Waals surface area contributed by atoms with Crippen molar-refractivity contribution in [2.75, 3.05) is 32.8 Å². The van der Waals surface area contributed by atoms with E-state index < -0.39 is 24.9 Å². The monoisotopic (exact) mass is 278 g/mol. The van der Waals surface area contributed by atoms with Crippen LogP contribution < -0.4 is 5.73 Å². The van der Waals surface area contributed by atoms with Crippen LogP contribution in [0, 0.1) is 0 Å². The summed E-state index contributed by atoms with van der Waals surface area (Å²) in [5, 5.41) is 37.4. The highest BCUT2D eigenvalue weighted by Crippen LogP contribution is 2.06. The Kier molecular flexibility index (Phi) is 11.4. The lowest BCUT2D eigenvalue weighted by Gasteiger charge is -2.28. The fourth-order valence-electron chi connectivity index (χ4n) is 1.98. The van der Waals surface area contributed by atoms with Gasteiger partial charge in [-0.1, -0.05) is 26.2 Å². The lowest BCUT2D eigenvalue weighted by molar-refractivity contribution is -0.0839. The fraction of sp³-hybridized carbons (Fsp3) is 1.00. The molecule has 0 bridgehead atoms. The Morgan fingerprint density at radius 3 is 2.21 bits per heavy atom. The molecule has 116 valence electrons. The minimum absolute atomic E-state index is 0.252. The molecule has 0 radical (unpaired) electrons. The molecule has 19 heavy (non-hydrogen) atoms. The summed E-state index contributed by atoms with van der Waals surface area (Å²) in [5.41, 5.74) is 5.52. The van der Waals surface area contributed by atoms with Gasteiger partial charge in [0.05, 0.1) is 12.7 Å². The van der Waals surface area contributed by atoms with Gasteiger partial charge in [0.1, 0.15) is 12.2 Å². The Labute approximate surface area is 115 Å². The molecular weight excluding hydrogens is 248 g/mol. The Hall–Kier alpha value is -0.240. The van der Waals surface area contributed by atoms with Crippen LogP contribution >= 0.6 is 0 Å². The van der Waals surface area contributed by atoms with Crippen molar-refractivity contribution in [3.05, 3.63) is 0 Å². The summed E-state index contributed by atoms with van der Waals surface area (Å²) >= 11 is 0. The van der Waals surface area contributed by atoms with Crippen LogP contribution in [0.4, 0.5) is 0 Å². The molecule has 1 unspecified atom stereocenters. The van der Waals surface area contributed by atoms with E-state index in [1.807, 2.05) is 4.90 Å². The van der Waals surface area contributed by atoms with Crippen molar-refractivity contribution in [3.63, 3.8) is 0 Å². The van der Waals surface area contributed by atoms with Gasteiger partial charge in [-0.05, 0) is 13.0 Å². The van der Waals surface area contributed by atoms with Crippen LogP contribution in [0.5, 0.6) is 0 Å². The van der Waals surface area contributed by atoms with Gasteiger partial charge in [0.25, 0.3) is 0 Å². The summed E-state index contributed by atoms with van der Waals surface area (Å²) in [6, 6.07) is 0. The van der Waals surface area contributed by atoms with E-state index in [9.17, 15) is 15.3 Å². The molecule has 0 aromatic heterocycles. The predicted octanol–water partition coefficient (Wildman–Crippen LogP) is -1.10. The van der Waals surface area contributed by atoms with Gasteiger partial charge in [-0.15, -0.1) is 0 Å². The number of nitrogens with zero attached hydrogens (tertiary/aromatic N) is 1. The molecular formula is C13H30N2O4. The van der Waals surface area contributed by atoms with Gasteiger partial charge in [-0.3, -0.25) is 4.90 Å². The first kappa shape index (κ1) is 18.8. The molecule has 6 N–H and O–H groups in total. The molecule has 0 fully saturated rings. The third kappa shape index (κ3) is 8.52. The van der Waals surface area contributed by atoms with Crippen molar-refractivity contribution in [3.8, 4) is 0 Å². The van der Waals surface area contributed by atoms with Crippen LogP contribution in [0.25, 0.3) is 0 Å². The van der Waals surface area contributed by atoms with Crippen LogP contribution in [0.2, 0.25) is 0 Å². The Bertz CT molecular complexity index is 207. The van der Waals surface area contributed by atoms with Gasteiger partial charge < -0.3 is 26.2 Å². The first-order valence-corrected chi connectivity index (χ1v) is 7.14. The number of hydrogen-bond acceptors (Lipinski definition) is 6. The lowest BCUT2D eigenvalue weighted by Crippen LogP contribution is -2.47. The van der Waals surface area contributed by atoms with Gasteiger partial charge in [-0.2, -0.15) is 0 Å². The molecule has 0 aliphatic rings. The number of hydrogen-bond donors (Lipinski definition) is 5. The summed E-state index contributed by atoms with van der Waals surface area (Å²) in [4.78, 5) is 1.98. The number of nitrogens with two attached hydrogens (primary N) is 1. The molecule has 0 spiro atoms. The number of aliphatic hydroxyl groups is 4. The molecule has 6 nitrogen and oxygen atoms in total. The molecule has 0 saturated carbocycles. The highest BCUT2D eigenvalue weighted by atomic mass is 16.4. The summed E-state index contributed by atoms with van der Waals surface area (Å²) < 4.78 is 0. The van der Waals surface area contributed by atoms with Gasteiger partial charge in [-0.25, -0.2) is 0 Å². The molecule has 6 heteroatoms. The molecule has 0 saturated heterocycles. The summed E-state index contributed by atoms with van der Waals surface area (Å²) in [6.45, 7) is 3.78. The lowest BCUT2D eigenvalue weighted by atomic mass is 10.1. The zero-order valence-electron chi connectivity index (χ0n) is 11.9. The first-order valence-electron chi connectivity index (χ1n) is 7.14. The van der Waals surface area contributed by atoms with E-state index in [0.717, 1.165) is 19.4 Å². The van der Waals surface area contributed by atoms with E-state index in [2.05, 4.69) is 6.92 Å². The average Bonchev–Trinajstić information content (AvgIpc) is 2.41. The van der Waals surface area contributed by atoms with Crippen LogP contribution in [0.3, 0.4) is 0 Å². The Balaban J connectivity index is 4.09. The summed E-state index contributed by atoms with van der Waals surface area (Å²) in [5.74, 6) is 0. The molecule has 0 amide bonds. The van der Waals surface area contributed by atoms with Gasteiger partial charge in [0, 0.05) is 19.6 Å². The number of aliphatic hydroxyl groups excluding tert-OH is 4. The van der Waals surface area contributed by atoms with Crippen molar-refractivity contribution < 1.29 is 20.4 Å². The Morgan fingerprint density at radius 2 is 1.68 bits per heavy atom. The number of unbranched alkanes of at least 4 members (excludes halogenated alkanes) is 3. The van der Waals surface area contributed by atoms with Crippen LogP contribution in [-0.4, -0.2) is 76.4 Å². The standard InChI is InChI=1S/C13H30N2O4/c1-2-3-4-5-7-15(8-6-14)9-11(17)13(19)12(18)10-16/h11-13,16-19H,2-10,14H2,1H3/t11-,12?,13+/m0/s1. The summed E-state index contributed by atoms with van der Waals surface area (Å²) in [7, 11) is 0. The van der Waals surface area contributed by atoms with Crippen molar-refractivity contribution in [2.45, 2.75) is 50.9 Å². The quantitative estimate of drug-likeness (QED) is 0.290.